The predicted octanol–water partition coefficient (Wildman–Crippen LogP) is 8.04. The zero-order chi connectivity index (χ0) is 29.2. The van der Waals surface area contributed by atoms with Crippen molar-refractivity contribution in [1.29, 1.82) is 0 Å². The average Bonchev–Trinajstić information content (AvgIpc) is 2.92. The highest BCUT2D eigenvalue weighted by molar-refractivity contribution is 5.53. The van der Waals surface area contributed by atoms with Crippen molar-refractivity contribution < 1.29 is 4.39 Å². The number of nitrogens with two attached hydrogens (primary N) is 2. The molecule has 37 heavy (non-hydrogen) atoms. The minimum atomic E-state index is -0.172. The Morgan fingerprint density at radius 1 is 0.946 bits per heavy atom. The smallest absolute Gasteiger partial charge is 0.128 e. The molecular weight excluding hydrogens is 461 g/mol. The van der Waals surface area contributed by atoms with Gasteiger partial charge in [-0.05, 0) is 67.1 Å². The van der Waals surface area contributed by atoms with Crippen molar-refractivity contribution >= 4 is 17.1 Å². The van der Waals surface area contributed by atoms with Crippen LogP contribution in [0.2, 0.25) is 0 Å². The van der Waals surface area contributed by atoms with E-state index in [1.54, 1.807) is 6.07 Å². The van der Waals surface area contributed by atoms with Gasteiger partial charge >= 0.3 is 0 Å². The number of hydrazine groups is 1. The van der Waals surface area contributed by atoms with Crippen molar-refractivity contribution in [2.24, 2.45) is 11.7 Å². The lowest BCUT2D eigenvalue weighted by molar-refractivity contribution is 0.348. The van der Waals surface area contributed by atoms with Gasteiger partial charge in [0, 0.05) is 35.7 Å². The zero-order valence-corrected chi connectivity index (χ0v) is 24.4. The lowest BCUT2D eigenvalue weighted by atomic mass is 10.1. The summed E-state index contributed by atoms with van der Waals surface area (Å²) >= 11 is 0. The monoisotopic (exact) mass is 515 g/mol. The Bertz CT molecular complexity index is 781. The molecule has 210 valence electrons. The SMILES string of the molecule is C=C.C=C.C=CC(C)C.CCCN(CC)Nc1ccc(NCN)cc1.CCc1cc(N)c(CC)c(F)c1. The standard InChI is InChI=1S/C12H22N4.C10H14FN.C5H10.2C2H4/c1-3-9-16(4-2)15-12-7-5-11(6-8-12)14-10-13;1-3-7-5-9(11)8(4-2)10(12)6-7;1-4-5(2)3;2*1-2/h5-8,14-15H,3-4,9-10,13H2,1-2H3;5-6H,3-4,12H2,1-2H3;4-5H,1H2,2-3H3;2*1-2H2. The second kappa shape index (κ2) is 26.0. The fourth-order valence-corrected chi connectivity index (χ4v) is 2.82. The Labute approximate surface area is 227 Å². The van der Waals surface area contributed by atoms with Gasteiger partial charge in [-0.25, -0.2) is 9.40 Å². The van der Waals surface area contributed by atoms with E-state index in [-0.39, 0.29) is 5.82 Å². The molecule has 0 saturated heterocycles. The van der Waals surface area contributed by atoms with Gasteiger partial charge in [0.1, 0.15) is 5.82 Å². The molecule has 0 aliphatic rings. The van der Waals surface area contributed by atoms with E-state index in [1.165, 1.54) is 0 Å². The third-order valence-corrected chi connectivity index (χ3v) is 4.88. The van der Waals surface area contributed by atoms with Crippen LogP contribution in [0.15, 0.2) is 75.4 Å². The highest BCUT2D eigenvalue weighted by Crippen LogP contribution is 2.19. The molecule has 0 aliphatic heterocycles. The summed E-state index contributed by atoms with van der Waals surface area (Å²) in [6.45, 7) is 30.5. The summed E-state index contributed by atoms with van der Waals surface area (Å²) in [7, 11) is 0. The molecule has 5 nitrogen and oxygen atoms in total. The fraction of sp³-hybridized carbons (Fsp3) is 0.419. The topological polar surface area (TPSA) is 79.3 Å². The van der Waals surface area contributed by atoms with Gasteiger partial charge in [0.05, 0.1) is 6.67 Å². The summed E-state index contributed by atoms with van der Waals surface area (Å²) in [5.41, 5.74) is 18.8. The summed E-state index contributed by atoms with van der Waals surface area (Å²) < 4.78 is 13.2. The third kappa shape index (κ3) is 18.8. The number of benzene rings is 2. The lowest BCUT2D eigenvalue weighted by Gasteiger charge is -2.22. The second-order valence-electron chi connectivity index (χ2n) is 7.98. The van der Waals surface area contributed by atoms with Gasteiger partial charge in [-0.1, -0.05) is 47.6 Å². The van der Waals surface area contributed by atoms with Crippen molar-refractivity contribution in [3.05, 3.63) is 92.3 Å². The van der Waals surface area contributed by atoms with Crippen molar-refractivity contribution in [3.63, 3.8) is 0 Å². The Morgan fingerprint density at radius 3 is 1.81 bits per heavy atom. The predicted molar refractivity (Wildman–Crippen MR) is 167 cm³/mol. The number of anilines is 3. The first kappa shape index (κ1) is 38.4. The molecule has 6 heteroatoms. The minimum Gasteiger partial charge on any atom is -0.398 e. The number of nitrogen functional groups attached to an aromatic ring is 1. The van der Waals surface area contributed by atoms with Crippen LogP contribution in [0.25, 0.3) is 0 Å². The Morgan fingerprint density at radius 2 is 1.46 bits per heavy atom. The molecule has 0 aliphatic carbocycles. The molecule has 2 rings (SSSR count). The van der Waals surface area contributed by atoms with Gasteiger partial charge in [0.2, 0.25) is 0 Å². The molecular formula is C31H54FN5. The molecule has 0 aromatic heterocycles. The minimum absolute atomic E-state index is 0.172. The highest BCUT2D eigenvalue weighted by Gasteiger charge is 2.05. The molecule has 0 saturated carbocycles. The lowest BCUT2D eigenvalue weighted by Crippen LogP contribution is -2.30. The van der Waals surface area contributed by atoms with E-state index in [9.17, 15) is 4.39 Å². The second-order valence-corrected chi connectivity index (χ2v) is 7.98. The number of halogens is 1. The number of hydrogen-bond acceptors (Lipinski definition) is 5. The summed E-state index contributed by atoms with van der Waals surface area (Å²) in [6.07, 6.45) is 4.54. The van der Waals surface area contributed by atoms with Crippen LogP contribution < -0.4 is 22.2 Å². The van der Waals surface area contributed by atoms with Crippen molar-refractivity contribution in [3.8, 4) is 0 Å². The Hall–Kier alpha value is -3.09. The van der Waals surface area contributed by atoms with Gasteiger partial charge in [0.15, 0.2) is 0 Å². The molecule has 0 spiro atoms. The van der Waals surface area contributed by atoms with Gasteiger partial charge in [-0.3, -0.25) is 0 Å². The number of aryl methyl sites for hydroxylation is 1. The van der Waals surface area contributed by atoms with E-state index in [1.807, 2.05) is 38.1 Å². The van der Waals surface area contributed by atoms with Gasteiger partial charge < -0.3 is 22.2 Å². The maximum atomic E-state index is 13.2. The molecule has 0 heterocycles. The van der Waals surface area contributed by atoms with Crippen LogP contribution in [0.3, 0.4) is 0 Å². The molecule has 0 unspecified atom stereocenters. The van der Waals surface area contributed by atoms with Crippen LogP contribution in [0, 0.1) is 11.7 Å². The largest absolute Gasteiger partial charge is 0.398 e. The van der Waals surface area contributed by atoms with E-state index in [0.29, 0.717) is 30.3 Å². The van der Waals surface area contributed by atoms with Gasteiger partial charge in [-0.15, -0.1) is 32.9 Å². The summed E-state index contributed by atoms with van der Waals surface area (Å²) in [5, 5.41) is 5.26. The highest BCUT2D eigenvalue weighted by atomic mass is 19.1. The Balaban J connectivity index is -0.000000484. The van der Waals surface area contributed by atoms with Crippen LogP contribution in [-0.2, 0) is 12.8 Å². The fourth-order valence-electron chi connectivity index (χ4n) is 2.82. The number of allylic oxidation sites excluding steroid dienone is 1. The molecule has 2 aromatic carbocycles. The first-order chi connectivity index (χ1) is 17.8. The van der Waals surface area contributed by atoms with E-state index in [2.05, 4.69) is 88.5 Å². The molecule has 0 fully saturated rings. The van der Waals surface area contributed by atoms with Crippen molar-refractivity contribution in [1.82, 2.24) is 5.01 Å². The van der Waals surface area contributed by atoms with E-state index in [0.717, 1.165) is 42.9 Å². The van der Waals surface area contributed by atoms with E-state index < -0.39 is 0 Å². The molecule has 0 bridgehead atoms. The van der Waals surface area contributed by atoms with E-state index >= 15 is 0 Å². The number of nitrogens with zero attached hydrogens (tertiary/aromatic N) is 1. The first-order valence-corrected chi connectivity index (χ1v) is 13.0. The van der Waals surface area contributed by atoms with Crippen molar-refractivity contribution in [2.75, 3.05) is 36.2 Å². The summed E-state index contributed by atoms with van der Waals surface area (Å²) in [4.78, 5) is 0. The van der Waals surface area contributed by atoms with Crippen LogP contribution in [0.5, 0.6) is 0 Å². The number of rotatable bonds is 10. The summed E-state index contributed by atoms with van der Waals surface area (Å²) in [6, 6.07) is 11.6. The molecule has 0 amide bonds. The molecule has 0 radical (unpaired) electrons. The van der Waals surface area contributed by atoms with Gasteiger partial charge in [-0.2, -0.15) is 0 Å². The van der Waals surface area contributed by atoms with Crippen LogP contribution in [0.4, 0.5) is 21.5 Å². The quantitative estimate of drug-likeness (QED) is 0.111. The van der Waals surface area contributed by atoms with Crippen molar-refractivity contribution in [2.45, 2.75) is 60.8 Å². The molecule has 0 atom stereocenters. The normalized spacial score (nSPS) is 9.24. The average molecular weight is 516 g/mol. The molecule has 2 aromatic rings. The summed E-state index contributed by atoms with van der Waals surface area (Å²) in [5.74, 6) is 0.476. The first-order valence-electron chi connectivity index (χ1n) is 13.0. The zero-order valence-electron chi connectivity index (χ0n) is 24.4. The van der Waals surface area contributed by atoms with Crippen LogP contribution in [0.1, 0.15) is 59.1 Å². The molecule has 6 N–H and O–H groups in total. The Kier molecular flexibility index (Phi) is 27.0. The van der Waals surface area contributed by atoms with Crippen LogP contribution >= 0.6 is 0 Å². The maximum absolute atomic E-state index is 13.2. The number of hydrogen-bond donors (Lipinski definition) is 4. The van der Waals surface area contributed by atoms with Crippen LogP contribution in [-0.4, -0.2) is 24.8 Å². The number of nitrogens with one attached hydrogen (secondary N) is 2. The van der Waals surface area contributed by atoms with Gasteiger partial charge in [0.25, 0.3) is 0 Å². The van der Waals surface area contributed by atoms with E-state index in [4.69, 9.17) is 11.5 Å². The maximum Gasteiger partial charge on any atom is 0.128 e. The third-order valence-electron chi connectivity index (χ3n) is 4.88.